The van der Waals surface area contributed by atoms with Crippen LogP contribution in [0.25, 0.3) is 0 Å². The van der Waals surface area contributed by atoms with E-state index in [4.69, 9.17) is 14.2 Å². The van der Waals surface area contributed by atoms with Gasteiger partial charge in [-0.3, -0.25) is 9.59 Å². The summed E-state index contributed by atoms with van der Waals surface area (Å²) >= 11 is 1.11. The van der Waals surface area contributed by atoms with Gasteiger partial charge in [0, 0.05) is 17.8 Å². The first kappa shape index (κ1) is 23.4. The van der Waals surface area contributed by atoms with Crippen LogP contribution in [0.4, 0.5) is 10.1 Å². The fourth-order valence-corrected chi connectivity index (χ4v) is 4.73. The molecule has 0 radical (unpaired) electrons. The molecule has 1 aliphatic rings. The molecule has 1 aromatic heterocycles. The fourth-order valence-electron chi connectivity index (χ4n) is 3.85. The van der Waals surface area contributed by atoms with Crippen molar-refractivity contribution in [2.75, 3.05) is 33.2 Å². The van der Waals surface area contributed by atoms with Crippen LogP contribution in [0, 0.1) is 5.82 Å². The van der Waals surface area contributed by atoms with E-state index in [1.807, 2.05) is 0 Å². The number of carbonyl (C=O) groups excluding carboxylic acids is 2. The molecule has 0 spiro atoms. The highest BCUT2D eigenvalue weighted by atomic mass is 32.1. The zero-order valence-corrected chi connectivity index (χ0v) is 19.6. The van der Waals surface area contributed by atoms with Crippen LogP contribution in [0.1, 0.15) is 44.1 Å². The minimum absolute atomic E-state index is 0.131. The Morgan fingerprint density at radius 2 is 1.82 bits per heavy atom. The van der Waals surface area contributed by atoms with Gasteiger partial charge < -0.3 is 24.4 Å². The number of hydrogen-bond donors (Lipinski definition) is 1. The van der Waals surface area contributed by atoms with Crippen molar-refractivity contribution in [1.82, 2.24) is 15.1 Å². The second-order valence-electron chi connectivity index (χ2n) is 7.48. The van der Waals surface area contributed by atoms with Gasteiger partial charge in [0.25, 0.3) is 11.8 Å². The van der Waals surface area contributed by atoms with Gasteiger partial charge in [-0.05, 0) is 43.2 Å². The molecule has 1 N–H and O–H groups in total. The molecule has 9 nitrogen and oxygen atoms in total. The number of ether oxygens (including phenoxy) is 3. The van der Waals surface area contributed by atoms with Crippen molar-refractivity contribution < 1.29 is 28.2 Å². The number of rotatable bonds is 7. The van der Waals surface area contributed by atoms with Crippen molar-refractivity contribution in [3.8, 4) is 17.2 Å². The second kappa shape index (κ2) is 10.0. The van der Waals surface area contributed by atoms with Crippen molar-refractivity contribution in [3.05, 3.63) is 57.8 Å². The summed E-state index contributed by atoms with van der Waals surface area (Å²) in [5, 5.41) is 11.5. The van der Waals surface area contributed by atoms with E-state index in [0.29, 0.717) is 46.5 Å². The third-order valence-electron chi connectivity index (χ3n) is 5.43. The molecule has 2 amide bonds. The molecule has 0 bridgehead atoms. The molecule has 1 aliphatic heterocycles. The molecule has 3 aromatic rings. The van der Waals surface area contributed by atoms with Gasteiger partial charge >= 0.3 is 0 Å². The second-order valence-corrected chi connectivity index (χ2v) is 8.49. The van der Waals surface area contributed by atoms with Crippen molar-refractivity contribution in [2.45, 2.75) is 18.9 Å². The number of aromatic nitrogens is 2. The van der Waals surface area contributed by atoms with E-state index in [1.54, 1.807) is 23.1 Å². The normalized spacial score (nSPS) is 15.2. The lowest BCUT2D eigenvalue weighted by Gasteiger charge is -2.23. The lowest BCUT2D eigenvalue weighted by Crippen LogP contribution is -2.30. The molecule has 11 heteroatoms. The predicted octanol–water partition coefficient (Wildman–Crippen LogP) is 3.93. The van der Waals surface area contributed by atoms with Crippen molar-refractivity contribution in [1.29, 1.82) is 0 Å². The van der Waals surface area contributed by atoms with E-state index in [9.17, 15) is 14.0 Å². The minimum atomic E-state index is -0.491. The van der Waals surface area contributed by atoms with Gasteiger partial charge in [0.05, 0.1) is 27.4 Å². The maximum Gasteiger partial charge on any atom is 0.286 e. The van der Waals surface area contributed by atoms with E-state index >= 15 is 0 Å². The molecule has 0 saturated carbocycles. The summed E-state index contributed by atoms with van der Waals surface area (Å²) in [6, 6.07) is 8.49. The molecule has 2 aromatic carbocycles. The van der Waals surface area contributed by atoms with E-state index in [2.05, 4.69) is 15.5 Å². The van der Waals surface area contributed by atoms with Crippen LogP contribution >= 0.6 is 11.3 Å². The molecule has 2 heterocycles. The van der Waals surface area contributed by atoms with E-state index in [-0.39, 0.29) is 17.0 Å². The number of methoxy groups -OCH3 is 3. The topological polar surface area (TPSA) is 103 Å². The summed E-state index contributed by atoms with van der Waals surface area (Å²) in [4.78, 5) is 27.6. The molecular formula is C23H23FN4O5S. The number of nitrogens with zero attached hydrogens (tertiary/aromatic N) is 3. The number of anilines is 1. The number of amides is 2. The van der Waals surface area contributed by atoms with Gasteiger partial charge in [0.15, 0.2) is 11.5 Å². The van der Waals surface area contributed by atoms with Gasteiger partial charge in [-0.1, -0.05) is 17.4 Å². The van der Waals surface area contributed by atoms with Gasteiger partial charge in [0.2, 0.25) is 10.8 Å². The van der Waals surface area contributed by atoms with Crippen LogP contribution in [0.3, 0.4) is 0 Å². The van der Waals surface area contributed by atoms with Crippen molar-refractivity contribution >= 4 is 28.8 Å². The van der Waals surface area contributed by atoms with Crippen molar-refractivity contribution in [2.24, 2.45) is 0 Å². The van der Waals surface area contributed by atoms with Crippen LogP contribution in [0.15, 0.2) is 36.4 Å². The smallest absolute Gasteiger partial charge is 0.286 e. The Bertz CT molecular complexity index is 1190. The molecule has 178 valence electrons. The average Bonchev–Trinajstić information content (AvgIpc) is 3.52. The number of hydrogen-bond acceptors (Lipinski definition) is 8. The van der Waals surface area contributed by atoms with Gasteiger partial charge in [0.1, 0.15) is 10.8 Å². The van der Waals surface area contributed by atoms with Crippen LogP contribution < -0.4 is 19.5 Å². The van der Waals surface area contributed by atoms with Gasteiger partial charge in [-0.2, -0.15) is 0 Å². The Labute approximate surface area is 199 Å². The predicted molar refractivity (Wildman–Crippen MR) is 123 cm³/mol. The zero-order valence-electron chi connectivity index (χ0n) is 18.8. The van der Waals surface area contributed by atoms with Gasteiger partial charge in [-0.25, -0.2) is 4.39 Å². The molecule has 1 saturated heterocycles. The maximum atomic E-state index is 13.4. The summed E-state index contributed by atoms with van der Waals surface area (Å²) in [7, 11) is 4.47. The largest absolute Gasteiger partial charge is 0.493 e. The SMILES string of the molecule is COc1cc(C(=O)N2CCCC2c2nnc(C(=O)Nc3cccc(F)c3)s2)cc(OC)c1OC. The van der Waals surface area contributed by atoms with E-state index < -0.39 is 11.7 Å². The zero-order chi connectivity index (χ0) is 24.2. The maximum absolute atomic E-state index is 13.4. The monoisotopic (exact) mass is 486 g/mol. The Balaban J connectivity index is 1.55. The summed E-state index contributed by atoms with van der Waals surface area (Å²) in [6.07, 6.45) is 1.47. The highest BCUT2D eigenvalue weighted by molar-refractivity contribution is 7.13. The summed E-state index contributed by atoms with van der Waals surface area (Å²) in [5.41, 5.74) is 0.705. The number of carbonyl (C=O) groups is 2. The molecule has 1 unspecified atom stereocenters. The first-order valence-corrected chi connectivity index (χ1v) is 11.3. The molecule has 0 aliphatic carbocycles. The molecule has 1 fully saturated rings. The number of likely N-dealkylation sites (tertiary alicyclic amines) is 1. The number of benzene rings is 2. The molecular weight excluding hydrogens is 463 g/mol. The van der Waals surface area contributed by atoms with Crippen LogP contribution in [0.5, 0.6) is 17.2 Å². The van der Waals surface area contributed by atoms with E-state index in [1.165, 1.54) is 39.5 Å². The molecule has 34 heavy (non-hydrogen) atoms. The highest BCUT2D eigenvalue weighted by Crippen LogP contribution is 2.40. The Kier molecular flexibility index (Phi) is 6.92. The lowest BCUT2D eigenvalue weighted by atomic mass is 10.1. The van der Waals surface area contributed by atoms with E-state index in [0.717, 1.165) is 17.8 Å². The van der Waals surface area contributed by atoms with Gasteiger partial charge in [-0.15, -0.1) is 10.2 Å². The number of nitrogens with one attached hydrogen (secondary N) is 1. The standard InChI is InChI=1S/C23H23FN4O5S/c1-31-17-10-13(11-18(32-2)19(17)33-3)23(30)28-9-5-8-16(28)21-26-27-22(34-21)20(29)25-15-7-4-6-14(24)12-15/h4,6-7,10-12,16H,5,8-9H2,1-3H3,(H,25,29). The Morgan fingerprint density at radius 1 is 1.09 bits per heavy atom. The summed E-state index contributed by atoms with van der Waals surface area (Å²) in [5.74, 6) is -0.000782. The third kappa shape index (κ3) is 4.65. The Hall–Kier alpha value is -3.73. The third-order valence-corrected chi connectivity index (χ3v) is 6.45. The first-order valence-electron chi connectivity index (χ1n) is 10.5. The quantitative estimate of drug-likeness (QED) is 0.540. The fraction of sp³-hybridized carbons (Fsp3) is 0.304. The minimum Gasteiger partial charge on any atom is -0.493 e. The van der Waals surface area contributed by atoms with Crippen LogP contribution in [0.2, 0.25) is 0 Å². The Morgan fingerprint density at radius 3 is 2.47 bits per heavy atom. The average molecular weight is 487 g/mol. The summed E-state index contributed by atoms with van der Waals surface area (Å²) < 4.78 is 29.5. The van der Waals surface area contributed by atoms with Crippen molar-refractivity contribution in [3.63, 3.8) is 0 Å². The molecule has 4 rings (SSSR count). The van der Waals surface area contributed by atoms with Crippen LogP contribution in [-0.4, -0.2) is 54.8 Å². The summed E-state index contributed by atoms with van der Waals surface area (Å²) in [6.45, 7) is 0.532. The highest BCUT2D eigenvalue weighted by Gasteiger charge is 2.34. The van der Waals surface area contributed by atoms with Crippen LogP contribution in [-0.2, 0) is 0 Å². The molecule has 1 atom stereocenters. The number of halogens is 1. The lowest BCUT2D eigenvalue weighted by molar-refractivity contribution is 0.0734. The first-order chi connectivity index (χ1) is 16.4.